The number of nitrogens with zero attached hydrogens (tertiary/aromatic N) is 2. The Morgan fingerprint density at radius 3 is 2.96 bits per heavy atom. The molecule has 0 bridgehead atoms. The van der Waals surface area contributed by atoms with Crippen molar-refractivity contribution in [2.45, 2.75) is 32.2 Å². The van der Waals surface area contributed by atoms with Crippen molar-refractivity contribution in [2.75, 3.05) is 6.54 Å². The molecule has 3 heterocycles. The fourth-order valence-corrected chi connectivity index (χ4v) is 4.89. The molecule has 0 aliphatic carbocycles. The van der Waals surface area contributed by atoms with E-state index in [9.17, 15) is 13.6 Å². The summed E-state index contributed by atoms with van der Waals surface area (Å²) in [6, 6.07) is 8.17. The van der Waals surface area contributed by atoms with Crippen LogP contribution in [0.25, 0.3) is 11.3 Å². The molecule has 146 valence electrons. The second-order valence-electron chi connectivity index (χ2n) is 7.18. The van der Waals surface area contributed by atoms with E-state index in [1.54, 1.807) is 16.8 Å². The average molecular weight is 401 g/mol. The van der Waals surface area contributed by atoms with E-state index in [4.69, 9.17) is 5.73 Å². The smallest absolute Gasteiger partial charge is 0.173 e. The molecule has 4 nitrogen and oxygen atoms in total. The zero-order valence-corrected chi connectivity index (χ0v) is 16.1. The van der Waals surface area contributed by atoms with Crippen LogP contribution in [0.3, 0.4) is 0 Å². The molecule has 1 aliphatic rings. The minimum absolute atomic E-state index is 0.00333. The van der Waals surface area contributed by atoms with Crippen molar-refractivity contribution >= 4 is 17.1 Å². The molecule has 1 atom stereocenters. The quantitative estimate of drug-likeness (QED) is 0.629. The molecule has 0 spiro atoms. The highest BCUT2D eigenvalue weighted by molar-refractivity contribution is 7.14. The van der Waals surface area contributed by atoms with Crippen LogP contribution >= 0.6 is 11.3 Å². The number of halogens is 2. The van der Waals surface area contributed by atoms with Crippen LogP contribution < -0.4 is 5.73 Å². The predicted octanol–water partition coefficient (Wildman–Crippen LogP) is 4.23. The third kappa shape index (κ3) is 3.77. The number of aromatic nitrogens is 2. The van der Waals surface area contributed by atoms with E-state index >= 15 is 0 Å². The van der Waals surface area contributed by atoms with Crippen molar-refractivity contribution in [3.8, 4) is 11.3 Å². The molecule has 3 aromatic rings. The van der Waals surface area contributed by atoms with Crippen molar-refractivity contribution < 1.29 is 13.6 Å². The summed E-state index contributed by atoms with van der Waals surface area (Å²) >= 11 is 1.44. The van der Waals surface area contributed by atoms with Crippen LogP contribution in [0.2, 0.25) is 0 Å². The van der Waals surface area contributed by atoms with Crippen molar-refractivity contribution in [2.24, 2.45) is 11.7 Å². The van der Waals surface area contributed by atoms with Crippen LogP contribution in [0, 0.1) is 17.6 Å². The third-order valence-corrected chi connectivity index (χ3v) is 6.36. The van der Waals surface area contributed by atoms with E-state index in [2.05, 4.69) is 5.10 Å². The first-order valence-electron chi connectivity index (χ1n) is 9.37. The number of benzene rings is 1. The fraction of sp³-hybridized carbons (Fsp3) is 0.333. The van der Waals surface area contributed by atoms with Crippen molar-refractivity contribution in [3.05, 3.63) is 63.5 Å². The number of ketones is 1. The molecule has 0 amide bonds. The van der Waals surface area contributed by atoms with Gasteiger partial charge in [0.25, 0.3) is 0 Å². The van der Waals surface area contributed by atoms with E-state index in [0.29, 0.717) is 30.1 Å². The van der Waals surface area contributed by atoms with Gasteiger partial charge in [-0.15, -0.1) is 11.3 Å². The number of Topliss-reactive ketones (excluding diaryl/α,β-unsaturated/α-hetero) is 1. The maximum Gasteiger partial charge on any atom is 0.173 e. The van der Waals surface area contributed by atoms with Gasteiger partial charge in [-0.1, -0.05) is 12.1 Å². The number of carbonyl (C=O) groups is 1. The SMILES string of the molecule is NCC(CC(=O)c1cc2c(s1)CCCn1ncc(F)c1-2)Cc1cccc(F)c1. The van der Waals surface area contributed by atoms with Crippen molar-refractivity contribution in [1.29, 1.82) is 0 Å². The first kappa shape index (κ1) is 19.0. The highest BCUT2D eigenvalue weighted by atomic mass is 32.1. The number of carbonyl (C=O) groups excluding carboxylic acids is 1. The number of thiophene rings is 1. The number of aryl methyl sites for hydroxylation is 2. The lowest BCUT2D eigenvalue weighted by Crippen LogP contribution is -2.20. The van der Waals surface area contributed by atoms with E-state index < -0.39 is 0 Å². The summed E-state index contributed by atoms with van der Waals surface area (Å²) in [5, 5.41) is 4.10. The summed E-state index contributed by atoms with van der Waals surface area (Å²) in [6.07, 6.45) is 3.73. The van der Waals surface area contributed by atoms with Gasteiger partial charge < -0.3 is 5.73 Å². The van der Waals surface area contributed by atoms with Gasteiger partial charge in [-0.25, -0.2) is 8.78 Å². The lowest BCUT2D eigenvalue weighted by Gasteiger charge is -2.13. The van der Waals surface area contributed by atoms with Gasteiger partial charge in [0.05, 0.1) is 11.1 Å². The largest absolute Gasteiger partial charge is 0.330 e. The van der Waals surface area contributed by atoms with E-state index in [0.717, 1.165) is 28.8 Å². The van der Waals surface area contributed by atoms with Gasteiger partial charge in [-0.05, 0) is 55.5 Å². The van der Waals surface area contributed by atoms with Gasteiger partial charge in [0.2, 0.25) is 0 Å². The van der Waals surface area contributed by atoms with Crippen LogP contribution in [0.5, 0.6) is 0 Å². The minimum Gasteiger partial charge on any atom is -0.330 e. The summed E-state index contributed by atoms with van der Waals surface area (Å²) in [5.41, 5.74) is 7.94. The molecule has 4 rings (SSSR count). The van der Waals surface area contributed by atoms with Crippen LogP contribution in [0.4, 0.5) is 8.78 Å². The summed E-state index contributed by atoms with van der Waals surface area (Å²) in [5.74, 6) is -0.721. The van der Waals surface area contributed by atoms with Crippen LogP contribution in [0.1, 0.15) is 33.0 Å². The Hall–Kier alpha value is -2.38. The molecule has 1 unspecified atom stereocenters. The summed E-state index contributed by atoms with van der Waals surface area (Å²) in [7, 11) is 0. The molecule has 1 aromatic carbocycles. The number of rotatable bonds is 6. The second kappa shape index (κ2) is 7.93. The molecule has 1 aliphatic heterocycles. The van der Waals surface area contributed by atoms with Gasteiger partial charge in [0, 0.05) is 23.4 Å². The molecule has 7 heteroatoms. The number of fused-ring (bicyclic) bond motifs is 3. The maximum absolute atomic E-state index is 14.2. The average Bonchev–Trinajstić information content (AvgIpc) is 3.20. The van der Waals surface area contributed by atoms with E-state index in [-0.39, 0.29) is 29.8 Å². The number of hydrogen-bond acceptors (Lipinski definition) is 4. The Balaban J connectivity index is 1.54. The van der Waals surface area contributed by atoms with Gasteiger partial charge in [-0.2, -0.15) is 5.10 Å². The van der Waals surface area contributed by atoms with Crippen molar-refractivity contribution in [3.63, 3.8) is 0 Å². The van der Waals surface area contributed by atoms with Crippen LogP contribution in [-0.4, -0.2) is 22.1 Å². The molecule has 2 aromatic heterocycles. The number of hydrogen-bond donors (Lipinski definition) is 1. The zero-order chi connectivity index (χ0) is 19.7. The molecule has 2 N–H and O–H groups in total. The van der Waals surface area contributed by atoms with Crippen LogP contribution in [0.15, 0.2) is 36.5 Å². The Kier molecular flexibility index (Phi) is 5.37. The zero-order valence-electron chi connectivity index (χ0n) is 15.3. The highest BCUT2D eigenvalue weighted by Gasteiger charge is 2.25. The van der Waals surface area contributed by atoms with E-state index in [1.807, 2.05) is 6.07 Å². The normalized spacial score (nSPS) is 14.2. The molecule has 0 fully saturated rings. The monoisotopic (exact) mass is 401 g/mol. The van der Waals surface area contributed by atoms with E-state index in [1.165, 1.54) is 29.7 Å². The molecule has 0 radical (unpaired) electrons. The Morgan fingerprint density at radius 1 is 1.32 bits per heavy atom. The molecule has 28 heavy (non-hydrogen) atoms. The summed E-state index contributed by atoms with van der Waals surface area (Å²) in [4.78, 5) is 14.5. The summed E-state index contributed by atoms with van der Waals surface area (Å²) in [6.45, 7) is 1.02. The first-order chi connectivity index (χ1) is 13.5. The van der Waals surface area contributed by atoms with Crippen LogP contribution in [-0.2, 0) is 19.4 Å². The van der Waals surface area contributed by atoms with Gasteiger partial charge in [0.15, 0.2) is 11.6 Å². The van der Waals surface area contributed by atoms with Crippen molar-refractivity contribution in [1.82, 2.24) is 9.78 Å². The molecule has 0 saturated heterocycles. The highest BCUT2D eigenvalue weighted by Crippen LogP contribution is 2.37. The second-order valence-corrected chi connectivity index (χ2v) is 8.32. The Labute approximate surface area is 166 Å². The van der Waals surface area contributed by atoms with Gasteiger partial charge in [0.1, 0.15) is 11.5 Å². The molecular weight excluding hydrogens is 380 g/mol. The van der Waals surface area contributed by atoms with Gasteiger partial charge >= 0.3 is 0 Å². The lowest BCUT2D eigenvalue weighted by atomic mass is 9.93. The summed E-state index contributed by atoms with van der Waals surface area (Å²) < 4.78 is 29.3. The first-order valence-corrected chi connectivity index (χ1v) is 10.2. The number of nitrogens with two attached hydrogens (primary N) is 1. The molecular formula is C21H21F2N3OS. The Bertz CT molecular complexity index is 1010. The van der Waals surface area contributed by atoms with Gasteiger partial charge in [-0.3, -0.25) is 9.48 Å². The lowest BCUT2D eigenvalue weighted by molar-refractivity contribution is 0.0966. The fourth-order valence-electron chi connectivity index (χ4n) is 3.74. The minimum atomic E-state index is -0.356. The topological polar surface area (TPSA) is 60.9 Å². The standard InChI is InChI=1S/C21H21F2N3OS/c22-15-4-1-3-13(8-15)7-14(11-24)9-18(27)20-10-16-19(28-20)5-2-6-26-21(16)17(23)12-25-26/h1,3-4,8,10,12,14H,2,5-7,9,11,24H2. The third-order valence-electron chi connectivity index (χ3n) is 5.13. The molecule has 0 saturated carbocycles. The Morgan fingerprint density at radius 2 is 2.18 bits per heavy atom. The maximum atomic E-state index is 14.2. The predicted molar refractivity (Wildman–Crippen MR) is 105 cm³/mol.